The molecule has 46 heavy (non-hydrogen) atoms. The Morgan fingerprint density at radius 3 is 0.674 bits per heavy atom. The lowest BCUT2D eigenvalue weighted by atomic mass is 10.0. The molecule has 0 spiro atoms. The molecule has 0 aliphatic carbocycles. The van der Waals surface area contributed by atoms with Crippen LogP contribution in [0.4, 0.5) is 0 Å². The number of alkyl halides is 1. The van der Waals surface area contributed by atoms with Gasteiger partial charge in [-0.05, 0) is 6.42 Å². The minimum absolute atomic E-state index is 0.534. The van der Waals surface area contributed by atoms with Crippen LogP contribution in [0.15, 0.2) is 0 Å². The van der Waals surface area contributed by atoms with Crippen LogP contribution in [0.1, 0.15) is 90.4 Å². The third kappa shape index (κ3) is 44.3. The predicted octanol–water partition coefficient (Wildman–Crippen LogP) is 6.68. The van der Waals surface area contributed by atoms with Gasteiger partial charge in [-0.1, -0.05) is 107 Å². The van der Waals surface area contributed by atoms with Crippen LogP contribution in [-0.2, 0) is 47.4 Å². The van der Waals surface area contributed by atoms with Crippen molar-refractivity contribution < 1.29 is 47.4 Å². The average Bonchev–Trinajstić information content (AvgIpc) is 3.07. The Morgan fingerprint density at radius 2 is 0.435 bits per heavy atom. The van der Waals surface area contributed by atoms with Gasteiger partial charge in [-0.3, -0.25) is 0 Å². The van der Waals surface area contributed by atoms with Crippen LogP contribution in [-0.4, -0.2) is 137 Å². The van der Waals surface area contributed by atoms with Gasteiger partial charge in [0.25, 0.3) is 0 Å². The molecule has 0 unspecified atom stereocenters. The Bertz CT molecular complexity index is 478. The Morgan fingerprint density at radius 1 is 0.239 bits per heavy atom. The summed E-state index contributed by atoms with van der Waals surface area (Å²) in [4.78, 5) is 0. The molecule has 0 aliphatic rings. The molecule has 0 fully saturated rings. The molecule has 0 rings (SSSR count). The third-order valence-electron chi connectivity index (χ3n) is 6.96. The van der Waals surface area contributed by atoms with E-state index in [1.165, 1.54) is 77.0 Å². The maximum atomic E-state index is 5.67. The summed E-state index contributed by atoms with van der Waals surface area (Å²) in [5.74, 6) is 0. The first-order valence-electron chi connectivity index (χ1n) is 18.2. The number of halogens is 1. The van der Waals surface area contributed by atoms with Crippen molar-refractivity contribution in [2.75, 3.05) is 137 Å². The Hall–Kier alpha value is 0.330. The van der Waals surface area contributed by atoms with Crippen LogP contribution in [0.2, 0.25) is 0 Å². The summed E-state index contributed by atoms with van der Waals surface area (Å²) in [6.45, 7) is 14.1. The highest BCUT2D eigenvalue weighted by atomic mass is 127. The fourth-order valence-electron chi connectivity index (χ4n) is 4.36. The van der Waals surface area contributed by atoms with E-state index in [0.29, 0.717) is 119 Å². The second-order valence-corrected chi connectivity index (χ2v) is 12.1. The highest BCUT2D eigenvalue weighted by Gasteiger charge is 1.97. The summed E-state index contributed by atoms with van der Waals surface area (Å²) < 4.78 is 55.9. The molecule has 0 aromatic rings. The van der Waals surface area contributed by atoms with E-state index < -0.39 is 0 Å². The first-order valence-corrected chi connectivity index (χ1v) is 19.8. The van der Waals surface area contributed by atoms with Crippen LogP contribution in [0.5, 0.6) is 0 Å². The van der Waals surface area contributed by atoms with E-state index in [1.54, 1.807) is 0 Å². The molecule has 0 bridgehead atoms. The molecule has 278 valence electrons. The fourth-order valence-corrected chi connectivity index (χ4v) is 4.67. The molecule has 0 saturated heterocycles. The van der Waals surface area contributed by atoms with E-state index >= 15 is 0 Å². The van der Waals surface area contributed by atoms with Gasteiger partial charge in [-0.25, -0.2) is 0 Å². The average molecular weight is 779 g/mol. The third-order valence-corrected chi connectivity index (χ3v) is 7.40. The van der Waals surface area contributed by atoms with Crippen molar-refractivity contribution in [3.8, 4) is 0 Å². The van der Waals surface area contributed by atoms with Gasteiger partial charge in [-0.2, -0.15) is 0 Å². The largest absolute Gasteiger partial charge is 0.379 e. The van der Waals surface area contributed by atoms with E-state index in [0.717, 1.165) is 24.1 Å². The standard InChI is InChI=1S/C35H71IO10/c1-2-3-4-5-6-7-8-9-10-11-12-13-14-16-37-18-20-39-22-24-41-26-28-43-30-32-45-34-35-46-33-31-44-29-27-42-25-23-40-21-19-38-17-15-36/h2-35H2,1H3. The molecule has 0 aromatic heterocycles. The van der Waals surface area contributed by atoms with Crippen LogP contribution < -0.4 is 0 Å². The molecule has 0 atom stereocenters. The van der Waals surface area contributed by atoms with Gasteiger partial charge in [0.05, 0.1) is 126 Å². The molecule has 11 heteroatoms. The maximum Gasteiger partial charge on any atom is 0.0701 e. The van der Waals surface area contributed by atoms with E-state index in [9.17, 15) is 0 Å². The highest BCUT2D eigenvalue weighted by molar-refractivity contribution is 14.1. The van der Waals surface area contributed by atoms with Gasteiger partial charge < -0.3 is 47.4 Å². The van der Waals surface area contributed by atoms with E-state index in [2.05, 4.69) is 29.5 Å². The number of rotatable bonds is 43. The Kier molecular flexibility index (Phi) is 45.7. The zero-order valence-electron chi connectivity index (χ0n) is 29.5. The molecule has 0 heterocycles. The zero-order valence-corrected chi connectivity index (χ0v) is 31.7. The van der Waals surface area contributed by atoms with Gasteiger partial charge in [0.2, 0.25) is 0 Å². The van der Waals surface area contributed by atoms with Crippen molar-refractivity contribution in [3.63, 3.8) is 0 Å². The fraction of sp³-hybridized carbons (Fsp3) is 1.00. The van der Waals surface area contributed by atoms with Crippen molar-refractivity contribution in [3.05, 3.63) is 0 Å². The molecule has 10 nitrogen and oxygen atoms in total. The lowest BCUT2D eigenvalue weighted by Gasteiger charge is -2.09. The second-order valence-electron chi connectivity index (χ2n) is 11.1. The summed E-state index contributed by atoms with van der Waals surface area (Å²) in [5.41, 5.74) is 0. The maximum absolute atomic E-state index is 5.67. The normalized spacial score (nSPS) is 11.6. The minimum Gasteiger partial charge on any atom is -0.379 e. The topological polar surface area (TPSA) is 92.3 Å². The molecule has 0 aliphatic heterocycles. The summed E-state index contributed by atoms with van der Waals surface area (Å²) in [7, 11) is 0. The van der Waals surface area contributed by atoms with E-state index in [-0.39, 0.29) is 0 Å². The quantitative estimate of drug-likeness (QED) is 0.0380. The van der Waals surface area contributed by atoms with Crippen LogP contribution in [0.3, 0.4) is 0 Å². The molecule has 0 saturated carbocycles. The number of unbranched alkanes of at least 4 members (excludes halogenated alkanes) is 12. The number of ether oxygens (including phenoxy) is 10. The van der Waals surface area contributed by atoms with Crippen molar-refractivity contribution in [1.82, 2.24) is 0 Å². The van der Waals surface area contributed by atoms with Crippen molar-refractivity contribution in [2.24, 2.45) is 0 Å². The smallest absolute Gasteiger partial charge is 0.0701 e. The lowest BCUT2D eigenvalue weighted by molar-refractivity contribution is -0.0262. The van der Waals surface area contributed by atoms with Crippen molar-refractivity contribution in [2.45, 2.75) is 90.4 Å². The summed E-state index contributed by atoms with van der Waals surface area (Å²) in [6, 6.07) is 0. The first-order chi connectivity index (χ1) is 22.9. The van der Waals surface area contributed by atoms with E-state index in [4.69, 9.17) is 47.4 Å². The number of hydrogen-bond donors (Lipinski definition) is 0. The van der Waals surface area contributed by atoms with Crippen LogP contribution in [0.25, 0.3) is 0 Å². The van der Waals surface area contributed by atoms with Gasteiger partial charge in [0.1, 0.15) is 0 Å². The van der Waals surface area contributed by atoms with Gasteiger partial charge in [-0.15, -0.1) is 0 Å². The van der Waals surface area contributed by atoms with Gasteiger partial charge in [0, 0.05) is 11.0 Å². The Labute approximate surface area is 296 Å². The predicted molar refractivity (Wildman–Crippen MR) is 193 cm³/mol. The molecule has 0 aromatic carbocycles. The molecule has 0 amide bonds. The summed E-state index contributed by atoms with van der Waals surface area (Å²) in [5, 5.41) is 0. The summed E-state index contributed by atoms with van der Waals surface area (Å²) >= 11 is 2.28. The highest BCUT2D eigenvalue weighted by Crippen LogP contribution is 2.12. The monoisotopic (exact) mass is 778 g/mol. The number of hydrogen-bond acceptors (Lipinski definition) is 10. The zero-order chi connectivity index (χ0) is 33.1. The minimum atomic E-state index is 0.534. The SMILES string of the molecule is CCCCCCCCCCCCCCCOCCOCCOCCOCCOCCOCCOCCOCCOCCOCCI. The molecular weight excluding hydrogens is 707 g/mol. The lowest BCUT2D eigenvalue weighted by Crippen LogP contribution is -2.15. The van der Waals surface area contributed by atoms with E-state index in [1.807, 2.05) is 0 Å². The van der Waals surface area contributed by atoms with Gasteiger partial charge >= 0.3 is 0 Å². The van der Waals surface area contributed by atoms with Crippen LogP contribution in [0, 0.1) is 0 Å². The second kappa shape index (κ2) is 45.3. The Balaban J connectivity index is 3.03. The van der Waals surface area contributed by atoms with Crippen LogP contribution >= 0.6 is 22.6 Å². The first kappa shape index (κ1) is 46.3. The molecule has 0 radical (unpaired) electrons. The molecular formula is C35H71IO10. The van der Waals surface area contributed by atoms with Crippen molar-refractivity contribution in [1.29, 1.82) is 0 Å². The summed E-state index contributed by atoms with van der Waals surface area (Å²) in [6.07, 6.45) is 17.8. The van der Waals surface area contributed by atoms with Gasteiger partial charge in [0.15, 0.2) is 0 Å². The van der Waals surface area contributed by atoms with Crippen molar-refractivity contribution >= 4 is 22.6 Å². The molecule has 0 N–H and O–H groups in total.